The van der Waals surface area contributed by atoms with E-state index in [2.05, 4.69) is 32.0 Å². The minimum atomic E-state index is -0.193. The Morgan fingerprint density at radius 2 is 2.04 bits per heavy atom. The quantitative estimate of drug-likeness (QED) is 0.861. The molecule has 0 radical (unpaired) electrons. The van der Waals surface area contributed by atoms with Crippen molar-refractivity contribution in [2.24, 2.45) is 11.7 Å². The van der Waals surface area contributed by atoms with E-state index in [1.165, 1.54) is 44.9 Å². The maximum Gasteiger partial charge on any atom is 0.217 e. The van der Waals surface area contributed by atoms with Gasteiger partial charge in [-0.25, -0.2) is 4.68 Å². The van der Waals surface area contributed by atoms with Crippen molar-refractivity contribution in [1.29, 1.82) is 0 Å². The summed E-state index contributed by atoms with van der Waals surface area (Å²) in [6.45, 7) is 4.29. The van der Waals surface area contributed by atoms with Gasteiger partial charge in [-0.1, -0.05) is 19.3 Å². The summed E-state index contributed by atoms with van der Waals surface area (Å²) in [6, 6.07) is 0.681. The molecule has 1 aromatic heterocycles. The van der Waals surface area contributed by atoms with Gasteiger partial charge in [-0.15, -0.1) is 5.10 Å². The Balaban J connectivity index is 1.64. The molecular formula is C17H30N6O. The van der Waals surface area contributed by atoms with Crippen LogP contribution in [0.3, 0.4) is 0 Å². The van der Waals surface area contributed by atoms with Gasteiger partial charge in [0.25, 0.3) is 0 Å². The van der Waals surface area contributed by atoms with Crippen LogP contribution in [0.2, 0.25) is 0 Å². The summed E-state index contributed by atoms with van der Waals surface area (Å²) in [7, 11) is 0. The number of hydrogen-bond acceptors (Lipinski definition) is 5. The van der Waals surface area contributed by atoms with Crippen molar-refractivity contribution in [3.8, 4) is 0 Å². The first kappa shape index (κ1) is 17.3. The van der Waals surface area contributed by atoms with Crippen molar-refractivity contribution in [3.63, 3.8) is 0 Å². The number of likely N-dealkylation sites (tertiary alicyclic amines) is 1. The number of nitrogens with two attached hydrogens (primary N) is 1. The van der Waals surface area contributed by atoms with E-state index in [1.54, 1.807) is 0 Å². The van der Waals surface area contributed by atoms with Gasteiger partial charge >= 0.3 is 0 Å². The average Bonchev–Trinajstić information content (AvgIpc) is 3.10. The normalized spacial score (nSPS) is 24.8. The maximum atomic E-state index is 11.0. The number of carbonyl (C=O) groups excluding carboxylic acids is 1. The lowest BCUT2D eigenvalue weighted by Gasteiger charge is -2.36. The molecule has 0 spiro atoms. The van der Waals surface area contributed by atoms with E-state index in [-0.39, 0.29) is 11.9 Å². The molecule has 1 aliphatic heterocycles. The number of aromatic nitrogens is 4. The molecule has 1 aliphatic carbocycles. The molecule has 7 heteroatoms. The molecule has 0 bridgehead atoms. The summed E-state index contributed by atoms with van der Waals surface area (Å²) in [6.07, 6.45) is 9.99. The van der Waals surface area contributed by atoms with Crippen LogP contribution in [0.5, 0.6) is 0 Å². The zero-order valence-electron chi connectivity index (χ0n) is 14.7. The fourth-order valence-corrected chi connectivity index (χ4v) is 4.26. The topological polar surface area (TPSA) is 89.9 Å². The molecule has 2 fully saturated rings. The van der Waals surface area contributed by atoms with E-state index in [0.29, 0.717) is 18.4 Å². The molecule has 2 atom stereocenters. The van der Waals surface area contributed by atoms with Gasteiger partial charge in [-0.3, -0.25) is 9.69 Å². The van der Waals surface area contributed by atoms with E-state index in [9.17, 15) is 4.79 Å². The first-order valence-electron chi connectivity index (χ1n) is 9.45. The molecule has 24 heavy (non-hydrogen) atoms. The monoisotopic (exact) mass is 334 g/mol. The van der Waals surface area contributed by atoms with Crippen molar-refractivity contribution in [3.05, 3.63) is 5.82 Å². The molecule has 2 aliphatic rings. The SMILES string of the molecule is C[C@@H](c1nnnn1C1CCCCC1)N1CCC[C@H](CCC(N)=O)C1. The number of primary amides is 1. The predicted molar refractivity (Wildman–Crippen MR) is 91.1 cm³/mol. The van der Waals surface area contributed by atoms with E-state index < -0.39 is 0 Å². The van der Waals surface area contributed by atoms with Crippen molar-refractivity contribution in [1.82, 2.24) is 25.1 Å². The highest BCUT2D eigenvalue weighted by Crippen LogP contribution is 2.32. The van der Waals surface area contributed by atoms with Crippen molar-refractivity contribution < 1.29 is 4.79 Å². The minimum absolute atomic E-state index is 0.193. The second-order valence-electron chi connectivity index (χ2n) is 7.46. The Hall–Kier alpha value is -1.50. The van der Waals surface area contributed by atoms with E-state index >= 15 is 0 Å². The molecule has 7 nitrogen and oxygen atoms in total. The summed E-state index contributed by atoms with van der Waals surface area (Å²) in [5.74, 6) is 1.35. The van der Waals surface area contributed by atoms with Crippen LogP contribution in [0.4, 0.5) is 0 Å². The minimum Gasteiger partial charge on any atom is -0.370 e. The number of carbonyl (C=O) groups is 1. The van der Waals surface area contributed by atoms with E-state index in [0.717, 1.165) is 25.3 Å². The Bertz CT molecular complexity index is 539. The van der Waals surface area contributed by atoms with E-state index in [4.69, 9.17) is 5.73 Å². The van der Waals surface area contributed by atoms with Crippen LogP contribution in [-0.4, -0.2) is 44.1 Å². The highest BCUT2D eigenvalue weighted by atomic mass is 16.1. The summed E-state index contributed by atoms with van der Waals surface area (Å²) in [5.41, 5.74) is 5.30. The van der Waals surface area contributed by atoms with Gasteiger partial charge in [0.05, 0.1) is 12.1 Å². The van der Waals surface area contributed by atoms with Gasteiger partial charge in [-0.2, -0.15) is 0 Å². The molecule has 2 N–H and O–H groups in total. The standard InChI is InChI=1S/C17H30N6O/c1-13(22-11-5-6-14(12-22)9-10-16(18)24)17-19-20-21-23(17)15-7-3-2-4-8-15/h13-15H,2-12H2,1H3,(H2,18,24)/t13-,14+/m0/s1. The Labute approximate surface area is 144 Å². The second kappa shape index (κ2) is 8.05. The number of piperidine rings is 1. The largest absolute Gasteiger partial charge is 0.370 e. The van der Waals surface area contributed by atoms with Crippen LogP contribution in [0.1, 0.15) is 82.6 Å². The van der Waals surface area contributed by atoms with Crippen LogP contribution in [0, 0.1) is 5.92 Å². The molecule has 1 saturated carbocycles. The van der Waals surface area contributed by atoms with Crippen molar-refractivity contribution >= 4 is 5.91 Å². The summed E-state index contributed by atoms with van der Waals surface area (Å²) in [4.78, 5) is 13.5. The van der Waals surface area contributed by atoms with Crippen molar-refractivity contribution in [2.45, 2.75) is 76.8 Å². The molecule has 0 aromatic carbocycles. The lowest BCUT2D eigenvalue weighted by molar-refractivity contribution is -0.118. The first-order valence-corrected chi connectivity index (χ1v) is 9.45. The Morgan fingerprint density at radius 3 is 2.79 bits per heavy atom. The molecular weight excluding hydrogens is 304 g/mol. The first-order chi connectivity index (χ1) is 11.6. The Kier molecular flexibility index (Phi) is 5.81. The van der Waals surface area contributed by atoms with Gasteiger partial charge in [0.2, 0.25) is 5.91 Å². The van der Waals surface area contributed by atoms with E-state index in [1.807, 2.05) is 0 Å². The molecule has 3 rings (SSSR count). The number of amides is 1. The zero-order chi connectivity index (χ0) is 16.9. The highest BCUT2D eigenvalue weighted by Gasteiger charge is 2.29. The fourth-order valence-electron chi connectivity index (χ4n) is 4.26. The van der Waals surface area contributed by atoms with Gasteiger partial charge in [0, 0.05) is 13.0 Å². The number of rotatable bonds is 6. The fraction of sp³-hybridized carbons (Fsp3) is 0.882. The molecule has 2 heterocycles. The third-order valence-electron chi connectivity index (χ3n) is 5.71. The number of nitrogens with zero attached hydrogens (tertiary/aromatic N) is 5. The van der Waals surface area contributed by atoms with Gasteiger partial charge in [0.15, 0.2) is 5.82 Å². The summed E-state index contributed by atoms with van der Waals surface area (Å²) >= 11 is 0. The number of hydrogen-bond donors (Lipinski definition) is 1. The molecule has 134 valence electrons. The zero-order valence-corrected chi connectivity index (χ0v) is 14.7. The summed E-state index contributed by atoms with van der Waals surface area (Å²) in [5, 5.41) is 12.6. The molecule has 1 saturated heterocycles. The van der Waals surface area contributed by atoms with Crippen LogP contribution < -0.4 is 5.73 Å². The second-order valence-corrected chi connectivity index (χ2v) is 7.46. The smallest absolute Gasteiger partial charge is 0.217 e. The van der Waals surface area contributed by atoms with Crippen LogP contribution in [0.15, 0.2) is 0 Å². The third-order valence-corrected chi connectivity index (χ3v) is 5.71. The predicted octanol–water partition coefficient (Wildman–Crippen LogP) is 2.22. The molecule has 1 aromatic rings. The maximum absolute atomic E-state index is 11.0. The van der Waals surface area contributed by atoms with Crippen molar-refractivity contribution in [2.75, 3.05) is 13.1 Å². The average molecular weight is 334 g/mol. The van der Waals surface area contributed by atoms with Crippen LogP contribution in [-0.2, 0) is 4.79 Å². The Morgan fingerprint density at radius 1 is 1.25 bits per heavy atom. The molecule has 0 unspecified atom stereocenters. The van der Waals surface area contributed by atoms with Gasteiger partial charge in [-0.05, 0) is 61.9 Å². The summed E-state index contributed by atoms with van der Waals surface area (Å²) < 4.78 is 2.08. The lowest BCUT2D eigenvalue weighted by Crippen LogP contribution is -2.39. The highest BCUT2D eigenvalue weighted by molar-refractivity contribution is 5.73. The van der Waals surface area contributed by atoms with Gasteiger partial charge in [0.1, 0.15) is 0 Å². The lowest BCUT2D eigenvalue weighted by atomic mass is 9.92. The van der Waals surface area contributed by atoms with Crippen LogP contribution in [0.25, 0.3) is 0 Å². The third kappa shape index (κ3) is 4.12. The van der Waals surface area contributed by atoms with Gasteiger partial charge < -0.3 is 5.73 Å². The number of tetrazole rings is 1. The molecule has 1 amide bonds. The van der Waals surface area contributed by atoms with Crippen LogP contribution >= 0.6 is 0 Å².